The molecule has 7 N–H and O–H groups in total. The average Bonchev–Trinajstić information content (AvgIpc) is 2.84. The highest BCUT2D eigenvalue weighted by Crippen LogP contribution is 2.53. The van der Waals surface area contributed by atoms with Crippen LogP contribution in [0.4, 0.5) is 10.1 Å². The highest BCUT2D eigenvalue weighted by Gasteiger charge is 2.64. The number of likely N-dealkylation sites (N-methyl/N-ethyl adjacent to an activating group) is 1. The Balaban J connectivity index is 1.84. The number of primary amides is 1. The number of aliphatic hydroxyl groups excluding tert-OH is 2. The maximum atomic E-state index is 15.3. The average molecular weight is 546 g/mol. The number of ketones is 2. The minimum atomic E-state index is -2.79. The Morgan fingerprint density at radius 2 is 1.87 bits per heavy atom. The fourth-order valence-corrected chi connectivity index (χ4v) is 6.11. The molecule has 12 heteroatoms. The third-order valence-electron chi connectivity index (χ3n) is 7.95. The minimum Gasteiger partial charge on any atom is -0.508 e. The number of hydrogen-bond acceptors (Lipinski definition) is 9. The van der Waals surface area contributed by atoms with Crippen molar-refractivity contribution in [3.8, 4) is 5.75 Å². The second-order valence-corrected chi connectivity index (χ2v) is 10.6. The van der Waals surface area contributed by atoms with Gasteiger partial charge < -0.3 is 31.5 Å². The summed E-state index contributed by atoms with van der Waals surface area (Å²) in [6, 6.07) is -0.294. The molecule has 4 rings (SSSR count). The van der Waals surface area contributed by atoms with Crippen molar-refractivity contribution >= 4 is 34.8 Å². The van der Waals surface area contributed by atoms with Gasteiger partial charge in [0.25, 0.3) is 5.91 Å². The summed E-state index contributed by atoms with van der Waals surface area (Å²) < 4.78 is 15.3. The van der Waals surface area contributed by atoms with Crippen LogP contribution in [0.15, 0.2) is 23.0 Å². The van der Waals surface area contributed by atoms with Crippen LogP contribution in [0.25, 0.3) is 5.76 Å². The van der Waals surface area contributed by atoms with E-state index in [4.69, 9.17) is 5.73 Å². The van der Waals surface area contributed by atoms with Crippen molar-refractivity contribution in [3.63, 3.8) is 0 Å². The van der Waals surface area contributed by atoms with Gasteiger partial charge in [-0.15, -0.1) is 0 Å². The van der Waals surface area contributed by atoms with E-state index in [0.717, 1.165) is 18.9 Å². The van der Waals surface area contributed by atoms with Crippen molar-refractivity contribution < 1.29 is 44.0 Å². The molecule has 0 spiro atoms. The predicted molar refractivity (Wildman–Crippen MR) is 137 cm³/mol. The number of phenolic OH excluding ortho intramolecular Hbond substituents is 1. The van der Waals surface area contributed by atoms with Gasteiger partial charge in [0.15, 0.2) is 17.1 Å². The van der Waals surface area contributed by atoms with Crippen LogP contribution in [0.5, 0.6) is 5.75 Å². The van der Waals surface area contributed by atoms with E-state index in [9.17, 15) is 39.6 Å². The van der Waals surface area contributed by atoms with Crippen molar-refractivity contribution in [2.24, 2.45) is 17.6 Å². The predicted octanol–water partition coefficient (Wildman–Crippen LogP) is 1.62. The molecule has 1 aromatic rings. The molecule has 4 atom stereocenters. The van der Waals surface area contributed by atoms with E-state index in [0.29, 0.717) is 6.42 Å². The molecule has 0 aromatic heterocycles. The molecule has 3 aliphatic carbocycles. The lowest BCUT2D eigenvalue weighted by Crippen LogP contribution is -2.65. The van der Waals surface area contributed by atoms with Crippen LogP contribution >= 0.6 is 0 Å². The molecule has 3 aliphatic rings. The van der Waals surface area contributed by atoms with Crippen LogP contribution < -0.4 is 11.1 Å². The minimum absolute atomic E-state index is 0.109. The smallest absolute Gasteiger partial charge is 0.255 e. The van der Waals surface area contributed by atoms with Gasteiger partial charge in [0.05, 0.1) is 17.3 Å². The van der Waals surface area contributed by atoms with Gasteiger partial charge in [-0.05, 0) is 39.3 Å². The molecular weight excluding hydrogens is 513 g/mol. The molecule has 0 saturated heterocycles. The summed E-state index contributed by atoms with van der Waals surface area (Å²) in [7, 11) is 2.98. The van der Waals surface area contributed by atoms with E-state index in [-0.39, 0.29) is 30.5 Å². The third kappa shape index (κ3) is 4.27. The topological polar surface area (TPSA) is 190 Å². The fourth-order valence-electron chi connectivity index (χ4n) is 6.11. The van der Waals surface area contributed by atoms with Gasteiger partial charge in [-0.2, -0.15) is 0 Å². The highest BCUT2D eigenvalue weighted by molar-refractivity contribution is 6.24. The summed E-state index contributed by atoms with van der Waals surface area (Å²) in [5, 5.41) is 47.0. The number of nitrogens with two attached hydrogens (primary N) is 1. The number of fused-ring (bicyclic) bond motifs is 3. The van der Waals surface area contributed by atoms with Gasteiger partial charge in [0.1, 0.15) is 22.9 Å². The normalized spacial score (nSPS) is 26.4. The van der Waals surface area contributed by atoms with Crippen LogP contribution in [0.2, 0.25) is 0 Å². The van der Waals surface area contributed by atoms with Crippen LogP contribution in [0.1, 0.15) is 50.2 Å². The summed E-state index contributed by atoms with van der Waals surface area (Å²) in [5.74, 6) is -9.56. The molecule has 210 valence electrons. The maximum Gasteiger partial charge on any atom is 0.255 e. The maximum absolute atomic E-state index is 15.3. The Labute approximate surface area is 223 Å². The molecule has 0 heterocycles. The number of hydrogen-bond donors (Lipinski definition) is 6. The number of Topliss-reactive ketones (excluding diaryl/α,β-unsaturated/α-hetero) is 2. The van der Waals surface area contributed by atoms with Crippen molar-refractivity contribution in [3.05, 3.63) is 39.9 Å². The highest BCUT2D eigenvalue weighted by atomic mass is 19.1. The first-order valence-corrected chi connectivity index (χ1v) is 12.8. The van der Waals surface area contributed by atoms with E-state index < -0.39 is 86.7 Å². The number of aliphatic hydroxyl groups is 3. The molecule has 0 bridgehead atoms. The number of amides is 2. The van der Waals surface area contributed by atoms with Gasteiger partial charge in [-0.25, -0.2) is 4.39 Å². The SMILES string of the molecule is CCCCCC(=O)Nc1cc(F)c2c(c1O)C(O)=C1C(=O)[C@]3(O)C(O)=C(C(N)=O)C(=O)[C@@H](N(C)C)[C@@H]3C[C@@H]1C2. The number of carbonyl (C=O) groups excluding carboxylic acids is 4. The molecule has 11 nitrogen and oxygen atoms in total. The molecule has 1 fully saturated rings. The summed E-state index contributed by atoms with van der Waals surface area (Å²) in [4.78, 5) is 52.6. The Morgan fingerprint density at radius 3 is 2.46 bits per heavy atom. The number of halogens is 1. The van der Waals surface area contributed by atoms with E-state index in [2.05, 4.69) is 5.32 Å². The third-order valence-corrected chi connectivity index (χ3v) is 7.95. The first kappa shape index (κ1) is 28.2. The van der Waals surface area contributed by atoms with Crippen molar-refractivity contribution in [2.75, 3.05) is 19.4 Å². The second kappa shape index (κ2) is 10.1. The molecule has 39 heavy (non-hydrogen) atoms. The van der Waals surface area contributed by atoms with Gasteiger partial charge in [0, 0.05) is 29.5 Å². The molecule has 1 aromatic carbocycles. The van der Waals surface area contributed by atoms with E-state index in [1.54, 1.807) is 0 Å². The molecular formula is C27H32FN3O8. The molecule has 2 amide bonds. The number of nitrogens with zero attached hydrogens (tertiary/aromatic N) is 1. The number of benzene rings is 1. The Hall–Kier alpha value is -3.77. The molecule has 0 unspecified atom stereocenters. The summed E-state index contributed by atoms with van der Waals surface area (Å²) in [5.41, 5.74) is 0.367. The van der Waals surface area contributed by atoms with E-state index >= 15 is 4.39 Å². The molecule has 1 saturated carbocycles. The number of rotatable bonds is 7. The quantitative estimate of drug-likeness (QED) is 0.168. The lowest BCUT2D eigenvalue weighted by molar-refractivity contribution is -0.153. The van der Waals surface area contributed by atoms with Crippen LogP contribution in [-0.2, 0) is 25.6 Å². The zero-order chi connectivity index (χ0) is 29.0. The largest absolute Gasteiger partial charge is 0.508 e. The van der Waals surface area contributed by atoms with Crippen LogP contribution in [0.3, 0.4) is 0 Å². The molecule has 0 radical (unpaired) electrons. The first-order chi connectivity index (χ1) is 18.3. The van der Waals surface area contributed by atoms with Crippen LogP contribution in [0, 0.1) is 17.7 Å². The van der Waals surface area contributed by atoms with Crippen LogP contribution in [-0.4, -0.2) is 74.4 Å². The van der Waals surface area contributed by atoms with Crippen molar-refractivity contribution in [2.45, 2.75) is 57.1 Å². The molecule has 0 aliphatic heterocycles. The number of aromatic hydroxyl groups is 1. The lowest BCUT2D eigenvalue weighted by Gasteiger charge is -2.50. The zero-order valence-electron chi connectivity index (χ0n) is 21.9. The summed E-state index contributed by atoms with van der Waals surface area (Å²) >= 11 is 0. The Bertz CT molecular complexity index is 1350. The number of nitrogens with one attached hydrogen (secondary N) is 1. The van der Waals surface area contributed by atoms with Crippen molar-refractivity contribution in [1.29, 1.82) is 0 Å². The Morgan fingerprint density at radius 1 is 1.21 bits per heavy atom. The van der Waals surface area contributed by atoms with Gasteiger partial charge in [-0.3, -0.25) is 24.1 Å². The zero-order valence-corrected chi connectivity index (χ0v) is 21.9. The number of unbranched alkanes of at least 4 members (excludes halogenated alkanes) is 2. The first-order valence-electron chi connectivity index (χ1n) is 12.8. The lowest BCUT2D eigenvalue weighted by atomic mass is 9.57. The van der Waals surface area contributed by atoms with E-state index in [1.165, 1.54) is 19.0 Å². The van der Waals surface area contributed by atoms with E-state index in [1.807, 2.05) is 6.92 Å². The summed E-state index contributed by atoms with van der Waals surface area (Å²) in [6.45, 7) is 1.97. The fraction of sp³-hybridized carbons (Fsp3) is 0.481. The van der Waals surface area contributed by atoms with Gasteiger partial charge >= 0.3 is 0 Å². The number of anilines is 1. The number of phenols is 1. The van der Waals surface area contributed by atoms with Crippen molar-refractivity contribution in [1.82, 2.24) is 4.90 Å². The number of carbonyl (C=O) groups is 4. The monoisotopic (exact) mass is 545 g/mol. The Kier molecular flexibility index (Phi) is 7.30. The summed E-state index contributed by atoms with van der Waals surface area (Å²) in [6.07, 6.45) is 2.07. The van der Waals surface area contributed by atoms with Gasteiger partial charge in [0.2, 0.25) is 11.7 Å². The second-order valence-electron chi connectivity index (χ2n) is 10.6. The van der Waals surface area contributed by atoms with Gasteiger partial charge in [-0.1, -0.05) is 19.8 Å². The standard InChI is InChI=1S/C27H32FN3O8/c1-4-5-6-7-16(32)30-15-10-14(28)12-8-11-9-13-20(31(2)3)23(35)19(26(29)38)25(37)27(13,39)24(36)17(11)22(34)18(12)21(15)33/h10-11,13,20,33-34,37,39H,4-9H2,1-3H3,(H2,29,38)(H,30,32)/t11-,13-,20-,27-/m0/s1.